The molecule has 1 aromatic carbocycles. The molecule has 1 heterocycles. The van der Waals surface area contributed by atoms with Crippen LogP contribution in [0, 0.1) is 5.92 Å². The standard InChI is InChI=1S/C14H20ClNO3S/c1-3-19-14-10-12(4-5-13(14)15)20(17,18)16-8-6-11(2)7-9-16/h4-5,10-11H,3,6-9H2,1-2H3. The lowest BCUT2D eigenvalue weighted by molar-refractivity contribution is 0.287. The Labute approximate surface area is 125 Å². The van der Waals surface area contributed by atoms with Crippen molar-refractivity contribution in [2.75, 3.05) is 19.7 Å². The van der Waals surface area contributed by atoms with Gasteiger partial charge in [-0.05, 0) is 37.8 Å². The summed E-state index contributed by atoms with van der Waals surface area (Å²) in [4.78, 5) is 0.250. The third kappa shape index (κ3) is 3.27. The van der Waals surface area contributed by atoms with Crippen molar-refractivity contribution in [1.29, 1.82) is 0 Å². The van der Waals surface area contributed by atoms with Crippen molar-refractivity contribution in [3.8, 4) is 5.75 Å². The lowest BCUT2D eigenvalue weighted by atomic mass is 10.0. The van der Waals surface area contributed by atoms with Gasteiger partial charge in [0.15, 0.2) is 0 Å². The molecule has 4 nitrogen and oxygen atoms in total. The maximum absolute atomic E-state index is 12.6. The number of hydrogen-bond donors (Lipinski definition) is 0. The zero-order valence-corrected chi connectivity index (χ0v) is 13.4. The summed E-state index contributed by atoms with van der Waals surface area (Å²) in [5.41, 5.74) is 0. The summed E-state index contributed by atoms with van der Waals surface area (Å²) in [6.07, 6.45) is 1.82. The summed E-state index contributed by atoms with van der Waals surface area (Å²) < 4.78 is 32.1. The van der Waals surface area contributed by atoms with Crippen LogP contribution in [0.1, 0.15) is 26.7 Å². The van der Waals surface area contributed by atoms with Gasteiger partial charge in [0.05, 0.1) is 16.5 Å². The number of halogens is 1. The lowest BCUT2D eigenvalue weighted by Gasteiger charge is -2.29. The number of sulfonamides is 1. The molecule has 0 amide bonds. The molecule has 0 saturated carbocycles. The van der Waals surface area contributed by atoms with E-state index < -0.39 is 10.0 Å². The van der Waals surface area contributed by atoms with E-state index in [1.807, 2.05) is 6.92 Å². The van der Waals surface area contributed by atoms with E-state index in [1.165, 1.54) is 12.1 Å². The summed E-state index contributed by atoms with van der Waals surface area (Å²) >= 11 is 6.00. The van der Waals surface area contributed by atoms with Gasteiger partial charge in [-0.2, -0.15) is 4.31 Å². The maximum Gasteiger partial charge on any atom is 0.243 e. The lowest BCUT2D eigenvalue weighted by Crippen LogP contribution is -2.37. The van der Waals surface area contributed by atoms with Crippen molar-refractivity contribution >= 4 is 21.6 Å². The molecule has 0 unspecified atom stereocenters. The van der Waals surface area contributed by atoms with Crippen LogP contribution in [-0.2, 0) is 10.0 Å². The molecule has 0 spiro atoms. The summed E-state index contributed by atoms with van der Waals surface area (Å²) in [6, 6.07) is 4.63. The van der Waals surface area contributed by atoms with Gasteiger partial charge in [-0.3, -0.25) is 0 Å². The minimum absolute atomic E-state index is 0.250. The summed E-state index contributed by atoms with van der Waals surface area (Å²) in [5, 5.41) is 0.429. The van der Waals surface area contributed by atoms with Gasteiger partial charge < -0.3 is 4.74 Å². The number of hydrogen-bond acceptors (Lipinski definition) is 3. The van der Waals surface area contributed by atoms with E-state index in [0.717, 1.165) is 12.8 Å². The van der Waals surface area contributed by atoms with Crippen molar-refractivity contribution in [3.05, 3.63) is 23.2 Å². The SMILES string of the molecule is CCOc1cc(S(=O)(=O)N2CCC(C)CC2)ccc1Cl. The maximum atomic E-state index is 12.6. The van der Waals surface area contributed by atoms with Gasteiger partial charge in [0.2, 0.25) is 10.0 Å². The van der Waals surface area contributed by atoms with Crippen LogP contribution in [-0.4, -0.2) is 32.4 Å². The monoisotopic (exact) mass is 317 g/mol. The van der Waals surface area contributed by atoms with Crippen LogP contribution >= 0.6 is 11.6 Å². The molecule has 0 radical (unpaired) electrons. The van der Waals surface area contributed by atoms with Crippen LogP contribution in [0.3, 0.4) is 0 Å². The molecule has 6 heteroatoms. The van der Waals surface area contributed by atoms with Crippen LogP contribution in [0.25, 0.3) is 0 Å². The summed E-state index contributed by atoms with van der Waals surface area (Å²) in [5.74, 6) is 1.01. The van der Waals surface area contributed by atoms with E-state index in [9.17, 15) is 8.42 Å². The smallest absolute Gasteiger partial charge is 0.243 e. The topological polar surface area (TPSA) is 46.6 Å². The number of rotatable bonds is 4. The van der Waals surface area contributed by atoms with Crippen molar-refractivity contribution in [1.82, 2.24) is 4.31 Å². The van der Waals surface area contributed by atoms with Gasteiger partial charge in [0.25, 0.3) is 0 Å². The largest absolute Gasteiger partial charge is 0.492 e. The number of nitrogens with zero attached hydrogens (tertiary/aromatic N) is 1. The van der Waals surface area contributed by atoms with E-state index in [0.29, 0.717) is 36.4 Å². The van der Waals surface area contributed by atoms with Gasteiger partial charge in [-0.25, -0.2) is 8.42 Å². The van der Waals surface area contributed by atoms with Crippen molar-refractivity contribution in [3.63, 3.8) is 0 Å². The van der Waals surface area contributed by atoms with Gasteiger partial charge in [0.1, 0.15) is 5.75 Å². The van der Waals surface area contributed by atoms with E-state index >= 15 is 0 Å². The Kier molecular flexibility index (Phi) is 4.94. The van der Waals surface area contributed by atoms with Crippen LogP contribution in [0.4, 0.5) is 0 Å². The average molecular weight is 318 g/mol. The Hall–Kier alpha value is -0.780. The molecule has 1 saturated heterocycles. The fourth-order valence-corrected chi connectivity index (χ4v) is 3.94. The molecule has 0 aliphatic carbocycles. The predicted molar refractivity (Wildman–Crippen MR) is 79.8 cm³/mol. The Balaban J connectivity index is 2.27. The zero-order chi connectivity index (χ0) is 14.8. The van der Waals surface area contributed by atoms with Gasteiger partial charge in [-0.1, -0.05) is 18.5 Å². The molecule has 2 rings (SSSR count). The highest BCUT2D eigenvalue weighted by Gasteiger charge is 2.28. The second-order valence-electron chi connectivity index (χ2n) is 5.11. The van der Waals surface area contributed by atoms with Crippen molar-refractivity contribution in [2.45, 2.75) is 31.6 Å². The molecular weight excluding hydrogens is 298 g/mol. The molecule has 1 aliphatic heterocycles. The van der Waals surface area contributed by atoms with E-state index in [1.54, 1.807) is 10.4 Å². The first kappa shape index (κ1) is 15.6. The van der Waals surface area contributed by atoms with Gasteiger partial charge in [0, 0.05) is 19.2 Å². The first-order valence-electron chi connectivity index (χ1n) is 6.87. The van der Waals surface area contributed by atoms with Crippen LogP contribution in [0.15, 0.2) is 23.1 Å². The minimum atomic E-state index is -3.45. The molecule has 0 N–H and O–H groups in total. The van der Waals surface area contributed by atoms with Crippen LogP contribution < -0.4 is 4.74 Å². The Bertz CT molecular complexity index is 566. The highest BCUT2D eigenvalue weighted by Crippen LogP contribution is 2.30. The third-order valence-corrected chi connectivity index (χ3v) is 5.79. The van der Waals surface area contributed by atoms with Crippen LogP contribution in [0.5, 0.6) is 5.75 Å². The van der Waals surface area contributed by atoms with Crippen molar-refractivity contribution in [2.24, 2.45) is 5.92 Å². The summed E-state index contributed by atoms with van der Waals surface area (Å²) in [7, 11) is -3.45. The highest BCUT2D eigenvalue weighted by molar-refractivity contribution is 7.89. The number of piperidine rings is 1. The molecule has 1 aliphatic rings. The average Bonchev–Trinajstić information content (AvgIpc) is 2.42. The molecule has 112 valence electrons. The first-order valence-corrected chi connectivity index (χ1v) is 8.69. The van der Waals surface area contributed by atoms with Crippen molar-refractivity contribution < 1.29 is 13.2 Å². The quantitative estimate of drug-likeness (QED) is 0.857. The highest BCUT2D eigenvalue weighted by atomic mass is 35.5. The third-order valence-electron chi connectivity index (χ3n) is 3.58. The predicted octanol–water partition coefficient (Wildman–Crippen LogP) is 3.16. The minimum Gasteiger partial charge on any atom is -0.492 e. The van der Waals surface area contributed by atoms with E-state index in [4.69, 9.17) is 16.3 Å². The Morgan fingerprint density at radius 3 is 2.60 bits per heavy atom. The Morgan fingerprint density at radius 1 is 1.35 bits per heavy atom. The molecule has 1 fully saturated rings. The molecule has 0 atom stereocenters. The second-order valence-corrected chi connectivity index (χ2v) is 7.46. The first-order chi connectivity index (χ1) is 9.45. The zero-order valence-electron chi connectivity index (χ0n) is 11.8. The number of ether oxygens (including phenoxy) is 1. The van der Waals surface area contributed by atoms with E-state index in [-0.39, 0.29) is 4.90 Å². The van der Waals surface area contributed by atoms with E-state index in [2.05, 4.69) is 6.92 Å². The fourth-order valence-electron chi connectivity index (χ4n) is 2.28. The molecular formula is C14H20ClNO3S. The Morgan fingerprint density at radius 2 is 2.00 bits per heavy atom. The number of benzene rings is 1. The molecule has 20 heavy (non-hydrogen) atoms. The second kappa shape index (κ2) is 6.33. The summed E-state index contributed by atoms with van der Waals surface area (Å²) in [6.45, 7) is 5.60. The van der Waals surface area contributed by atoms with Gasteiger partial charge in [-0.15, -0.1) is 0 Å². The van der Waals surface area contributed by atoms with Crippen LogP contribution in [0.2, 0.25) is 5.02 Å². The molecule has 1 aromatic rings. The molecule has 0 bridgehead atoms. The molecule has 0 aromatic heterocycles. The van der Waals surface area contributed by atoms with Gasteiger partial charge >= 0.3 is 0 Å². The normalized spacial score (nSPS) is 18.1. The fraction of sp³-hybridized carbons (Fsp3) is 0.571.